The number of ether oxygens (including phenoxy) is 1. The molecule has 0 atom stereocenters. The maximum absolute atomic E-state index is 13.0. The van der Waals surface area contributed by atoms with Crippen molar-refractivity contribution in [3.05, 3.63) is 34.3 Å². The Labute approximate surface area is 186 Å². The number of amides is 1. The fraction of sp³-hybridized carbons (Fsp3) is 0.720. The van der Waals surface area contributed by atoms with Gasteiger partial charge in [-0.1, -0.05) is 17.7 Å². The first-order valence-electron chi connectivity index (χ1n) is 11.8. The van der Waals surface area contributed by atoms with Crippen LogP contribution in [0.4, 0.5) is 0 Å². The lowest BCUT2D eigenvalue weighted by Crippen LogP contribution is -2.51. The summed E-state index contributed by atoms with van der Waals surface area (Å²) >= 11 is 6.39. The topological polar surface area (TPSA) is 50.4 Å². The first-order chi connectivity index (χ1) is 14.6. The van der Waals surface area contributed by atoms with Gasteiger partial charge in [0.15, 0.2) is 0 Å². The standard InChI is InChI=1S/C25H37ClN2O2/c1-30-9-3-8-27-7-2-4-18-5-6-23(26)22(13-18)24(29)28-17-25-14-19-10-20(15-25)12-21(11-19)16-25/h5-6,13,19-21,27H,2-4,7-12,14-17H2,1H3,(H,28,29). The van der Waals surface area contributed by atoms with Gasteiger partial charge in [-0.15, -0.1) is 0 Å². The van der Waals surface area contributed by atoms with Gasteiger partial charge in [-0.3, -0.25) is 4.79 Å². The Hall–Kier alpha value is -1.10. The molecule has 4 fully saturated rings. The van der Waals surface area contributed by atoms with Crippen molar-refractivity contribution in [1.29, 1.82) is 0 Å². The highest BCUT2D eigenvalue weighted by Crippen LogP contribution is 2.59. The molecule has 0 aliphatic heterocycles. The molecule has 2 N–H and O–H groups in total. The summed E-state index contributed by atoms with van der Waals surface area (Å²) in [5.41, 5.74) is 2.16. The van der Waals surface area contributed by atoms with Crippen molar-refractivity contribution >= 4 is 17.5 Å². The van der Waals surface area contributed by atoms with E-state index in [0.29, 0.717) is 16.0 Å². The summed E-state index contributed by atoms with van der Waals surface area (Å²) in [7, 11) is 1.73. The fourth-order valence-corrected chi connectivity index (χ4v) is 6.86. The van der Waals surface area contributed by atoms with E-state index in [1.807, 2.05) is 18.2 Å². The Balaban J connectivity index is 1.27. The second kappa shape index (κ2) is 10.0. The van der Waals surface area contributed by atoms with Gasteiger partial charge >= 0.3 is 0 Å². The molecule has 4 nitrogen and oxygen atoms in total. The molecule has 1 aromatic rings. The van der Waals surface area contributed by atoms with E-state index < -0.39 is 0 Å². The van der Waals surface area contributed by atoms with Crippen molar-refractivity contribution in [3.8, 4) is 0 Å². The summed E-state index contributed by atoms with van der Waals surface area (Å²) in [5, 5.41) is 7.26. The monoisotopic (exact) mass is 432 g/mol. The average Bonchev–Trinajstić information content (AvgIpc) is 2.71. The van der Waals surface area contributed by atoms with Gasteiger partial charge in [-0.25, -0.2) is 0 Å². The molecule has 5 rings (SSSR count). The predicted octanol–water partition coefficient (Wildman–Crippen LogP) is 4.84. The highest BCUT2D eigenvalue weighted by molar-refractivity contribution is 6.33. The first-order valence-corrected chi connectivity index (χ1v) is 12.2. The van der Waals surface area contributed by atoms with Gasteiger partial charge in [0.2, 0.25) is 0 Å². The fourth-order valence-electron chi connectivity index (χ4n) is 6.66. The number of carbonyl (C=O) groups excluding carboxylic acids is 1. The molecule has 0 radical (unpaired) electrons. The summed E-state index contributed by atoms with van der Waals surface area (Å²) in [6.07, 6.45) is 11.3. The Bertz CT molecular complexity index is 701. The van der Waals surface area contributed by atoms with Crippen molar-refractivity contribution in [2.75, 3.05) is 33.4 Å². The van der Waals surface area contributed by atoms with Crippen molar-refractivity contribution in [1.82, 2.24) is 10.6 Å². The van der Waals surface area contributed by atoms with Crippen molar-refractivity contribution in [2.24, 2.45) is 23.2 Å². The van der Waals surface area contributed by atoms with E-state index in [2.05, 4.69) is 10.6 Å². The maximum atomic E-state index is 13.0. The summed E-state index contributed by atoms with van der Waals surface area (Å²) in [6, 6.07) is 5.91. The normalized spacial score (nSPS) is 29.3. The average molecular weight is 433 g/mol. The molecular formula is C25H37ClN2O2. The van der Waals surface area contributed by atoms with Gasteiger partial charge in [0.25, 0.3) is 5.91 Å². The van der Waals surface area contributed by atoms with Gasteiger partial charge in [0, 0.05) is 20.3 Å². The van der Waals surface area contributed by atoms with Crippen molar-refractivity contribution < 1.29 is 9.53 Å². The predicted molar refractivity (Wildman–Crippen MR) is 122 cm³/mol. The zero-order chi connectivity index (χ0) is 21.0. The van der Waals surface area contributed by atoms with E-state index in [9.17, 15) is 4.79 Å². The molecule has 4 bridgehead atoms. The molecule has 0 heterocycles. The second-order valence-electron chi connectivity index (χ2n) is 10.1. The lowest BCUT2D eigenvalue weighted by Gasteiger charge is -2.56. The Kier molecular flexibility index (Phi) is 7.38. The molecule has 4 saturated carbocycles. The van der Waals surface area contributed by atoms with Crippen molar-refractivity contribution in [2.45, 2.75) is 57.8 Å². The number of hydrogen-bond acceptors (Lipinski definition) is 3. The number of carbonyl (C=O) groups is 1. The molecule has 1 aromatic carbocycles. The molecule has 0 saturated heterocycles. The van der Waals surface area contributed by atoms with Crippen LogP contribution in [-0.4, -0.2) is 39.3 Å². The van der Waals surface area contributed by atoms with Gasteiger partial charge in [0.1, 0.15) is 0 Å². The van der Waals surface area contributed by atoms with Crippen LogP contribution < -0.4 is 10.6 Å². The summed E-state index contributed by atoms with van der Waals surface area (Å²) in [4.78, 5) is 13.0. The third kappa shape index (κ3) is 5.38. The number of halogens is 1. The molecular weight excluding hydrogens is 396 g/mol. The molecule has 5 heteroatoms. The minimum atomic E-state index is -0.00436. The van der Waals surface area contributed by atoms with Gasteiger partial charge < -0.3 is 15.4 Å². The lowest BCUT2D eigenvalue weighted by molar-refractivity contribution is -0.0503. The lowest BCUT2D eigenvalue weighted by atomic mass is 9.49. The van der Waals surface area contributed by atoms with E-state index in [1.165, 1.54) is 44.1 Å². The quantitative estimate of drug-likeness (QED) is 0.491. The molecule has 0 unspecified atom stereocenters. The van der Waals surface area contributed by atoms with Crippen LogP contribution >= 0.6 is 11.6 Å². The number of hydrogen-bond donors (Lipinski definition) is 2. The summed E-state index contributed by atoms with van der Waals surface area (Å²) < 4.78 is 5.06. The summed E-state index contributed by atoms with van der Waals surface area (Å²) in [5.74, 6) is 2.71. The number of methoxy groups -OCH3 is 1. The number of aryl methyl sites for hydroxylation is 1. The zero-order valence-electron chi connectivity index (χ0n) is 18.4. The Morgan fingerprint density at radius 3 is 2.43 bits per heavy atom. The first kappa shape index (κ1) is 22.1. The van der Waals surface area contributed by atoms with E-state index in [4.69, 9.17) is 16.3 Å². The molecule has 4 aliphatic carbocycles. The Morgan fingerprint density at radius 2 is 1.77 bits per heavy atom. The maximum Gasteiger partial charge on any atom is 0.252 e. The van der Waals surface area contributed by atoms with Crippen molar-refractivity contribution in [3.63, 3.8) is 0 Å². The van der Waals surface area contributed by atoms with E-state index in [1.54, 1.807) is 7.11 Å². The largest absolute Gasteiger partial charge is 0.385 e. The van der Waals surface area contributed by atoms with Crippen LogP contribution in [-0.2, 0) is 11.2 Å². The molecule has 0 aromatic heterocycles. The van der Waals surface area contributed by atoms with Crippen LogP contribution in [0.5, 0.6) is 0 Å². The van der Waals surface area contributed by atoms with Gasteiger partial charge in [-0.2, -0.15) is 0 Å². The van der Waals surface area contributed by atoms with E-state index in [-0.39, 0.29) is 5.91 Å². The zero-order valence-corrected chi connectivity index (χ0v) is 19.1. The minimum Gasteiger partial charge on any atom is -0.385 e. The van der Waals surface area contributed by atoms with Gasteiger partial charge in [0.05, 0.1) is 10.6 Å². The third-order valence-corrected chi connectivity index (χ3v) is 7.92. The molecule has 0 spiro atoms. The number of rotatable bonds is 11. The molecule has 1 amide bonds. The van der Waals surface area contributed by atoms with Crippen LogP contribution in [0.15, 0.2) is 18.2 Å². The van der Waals surface area contributed by atoms with Gasteiger partial charge in [-0.05, 0) is 112 Å². The van der Waals surface area contributed by atoms with Crippen LogP contribution in [0.1, 0.15) is 67.3 Å². The highest BCUT2D eigenvalue weighted by atomic mass is 35.5. The SMILES string of the molecule is COCCCNCCCc1ccc(Cl)c(C(=O)NCC23CC4CC(CC(C4)C2)C3)c1. The van der Waals surface area contributed by atoms with Crippen LogP contribution in [0.2, 0.25) is 5.02 Å². The van der Waals surface area contributed by atoms with Crippen LogP contribution in [0, 0.1) is 23.2 Å². The molecule has 166 valence electrons. The third-order valence-electron chi connectivity index (χ3n) is 7.59. The Morgan fingerprint density at radius 1 is 1.10 bits per heavy atom. The van der Waals surface area contributed by atoms with Crippen LogP contribution in [0.3, 0.4) is 0 Å². The highest BCUT2D eigenvalue weighted by Gasteiger charge is 2.50. The molecule has 4 aliphatic rings. The van der Waals surface area contributed by atoms with E-state index >= 15 is 0 Å². The second-order valence-corrected chi connectivity index (χ2v) is 10.5. The molecule has 30 heavy (non-hydrogen) atoms. The van der Waals surface area contributed by atoms with Crippen LogP contribution in [0.25, 0.3) is 0 Å². The number of nitrogens with one attached hydrogen (secondary N) is 2. The number of benzene rings is 1. The minimum absolute atomic E-state index is 0.00436. The summed E-state index contributed by atoms with van der Waals surface area (Å²) in [6.45, 7) is 3.57. The van der Waals surface area contributed by atoms with E-state index in [0.717, 1.165) is 63.3 Å². The smallest absolute Gasteiger partial charge is 0.252 e.